The van der Waals surface area contributed by atoms with Crippen molar-refractivity contribution in [3.8, 4) is 0 Å². The van der Waals surface area contributed by atoms with E-state index in [2.05, 4.69) is 5.32 Å². The number of sulfonamides is 1. The molecule has 0 spiro atoms. The van der Waals surface area contributed by atoms with Crippen molar-refractivity contribution in [1.82, 2.24) is 9.62 Å². The zero-order chi connectivity index (χ0) is 12.6. The average Bonchev–Trinajstić information content (AvgIpc) is 2.17. The van der Waals surface area contributed by atoms with Crippen molar-refractivity contribution in [2.45, 2.75) is 26.9 Å². The SMILES string of the molecule is CCNCCS(=O)(=O)N(C)CCOC(C)C. The summed E-state index contributed by atoms with van der Waals surface area (Å²) >= 11 is 0. The van der Waals surface area contributed by atoms with E-state index in [9.17, 15) is 8.42 Å². The molecule has 0 heterocycles. The van der Waals surface area contributed by atoms with Crippen LogP contribution in [0.4, 0.5) is 0 Å². The van der Waals surface area contributed by atoms with Crippen LogP contribution >= 0.6 is 0 Å². The Hall–Kier alpha value is -0.170. The second-order valence-electron chi connectivity index (χ2n) is 3.91. The summed E-state index contributed by atoms with van der Waals surface area (Å²) in [6, 6.07) is 0. The number of nitrogens with zero attached hydrogens (tertiary/aromatic N) is 1. The number of likely N-dealkylation sites (N-methyl/N-ethyl adjacent to an activating group) is 1. The van der Waals surface area contributed by atoms with Gasteiger partial charge < -0.3 is 10.1 Å². The molecule has 0 amide bonds. The van der Waals surface area contributed by atoms with Gasteiger partial charge in [0.2, 0.25) is 10.0 Å². The molecule has 0 saturated heterocycles. The molecular formula is C10H24N2O3S. The number of nitrogens with one attached hydrogen (secondary N) is 1. The second-order valence-corrected chi connectivity index (χ2v) is 6.11. The van der Waals surface area contributed by atoms with Gasteiger partial charge in [-0.2, -0.15) is 0 Å². The molecule has 6 heteroatoms. The lowest BCUT2D eigenvalue weighted by Crippen LogP contribution is -2.35. The first-order valence-electron chi connectivity index (χ1n) is 5.66. The third-order valence-corrected chi connectivity index (χ3v) is 3.97. The molecule has 0 bridgehead atoms. The molecular weight excluding hydrogens is 228 g/mol. The maximum Gasteiger partial charge on any atom is 0.215 e. The van der Waals surface area contributed by atoms with E-state index in [1.165, 1.54) is 4.31 Å². The molecule has 0 aromatic rings. The Morgan fingerprint density at radius 2 is 2.00 bits per heavy atom. The topological polar surface area (TPSA) is 58.6 Å². The van der Waals surface area contributed by atoms with Crippen molar-refractivity contribution in [3.05, 3.63) is 0 Å². The highest BCUT2D eigenvalue weighted by atomic mass is 32.2. The van der Waals surface area contributed by atoms with Gasteiger partial charge in [-0.15, -0.1) is 0 Å². The Labute approximate surface area is 99.2 Å². The van der Waals surface area contributed by atoms with E-state index in [1.807, 2.05) is 20.8 Å². The van der Waals surface area contributed by atoms with Gasteiger partial charge in [-0.3, -0.25) is 0 Å². The minimum atomic E-state index is -3.14. The van der Waals surface area contributed by atoms with Gasteiger partial charge in [-0.25, -0.2) is 12.7 Å². The van der Waals surface area contributed by atoms with Crippen LogP contribution in [0.25, 0.3) is 0 Å². The number of rotatable bonds is 9. The summed E-state index contributed by atoms with van der Waals surface area (Å²) in [5.41, 5.74) is 0. The van der Waals surface area contributed by atoms with E-state index in [0.717, 1.165) is 6.54 Å². The average molecular weight is 252 g/mol. The molecule has 0 unspecified atom stereocenters. The molecule has 16 heavy (non-hydrogen) atoms. The van der Waals surface area contributed by atoms with Crippen molar-refractivity contribution in [1.29, 1.82) is 0 Å². The van der Waals surface area contributed by atoms with Crippen molar-refractivity contribution < 1.29 is 13.2 Å². The lowest BCUT2D eigenvalue weighted by atomic mass is 10.5. The highest BCUT2D eigenvalue weighted by Crippen LogP contribution is 1.98. The first-order chi connectivity index (χ1) is 7.40. The van der Waals surface area contributed by atoms with E-state index in [-0.39, 0.29) is 11.9 Å². The lowest BCUT2D eigenvalue weighted by Gasteiger charge is -2.18. The second kappa shape index (κ2) is 8.00. The van der Waals surface area contributed by atoms with Crippen LogP contribution in [0.1, 0.15) is 20.8 Å². The summed E-state index contributed by atoms with van der Waals surface area (Å²) in [5.74, 6) is 0.138. The molecule has 0 fully saturated rings. The highest BCUT2D eigenvalue weighted by molar-refractivity contribution is 7.89. The summed E-state index contributed by atoms with van der Waals surface area (Å²) in [7, 11) is -1.55. The third-order valence-electron chi connectivity index (χ3n) is 2.12. The highest BCUT2D eigenvalue weighted by Gasteiger charge is 2.16. The monoisotopic (exact) mass is 252 g/mol. The van der Waals surface area contributed by atoms with Crippen LogP contribution in [0.3, 0.4) is 0 Å². The summed E-state index contributed by atoms with van der Waals surface area (Å²) in [5, 5.41) is 3.00. The molecule has 0 aromatic heterocycles. The maximum absolute atomic E-state index is 11.7. The summed E-state index contributed by atoms with van der Waals surface area (Å²) < 4.78 is 30.1. The van der Waals surface area contributed by atoms with Crippen LogP contribution in [0.2, 0.25) is 0 Å². The molecule has 1 N–H and O–H groups in total. The van der Waals surface area contributed by atoms with Crippen LogP contribution < -0.4 is 5.32 Å². The van der Waals surface area contributed by atoms with Crippen LogP contribution in [-0.2, 0) is 14.8 Å². The normalized spacial score (nSPS) is 12.6. The zero-order valence-corrected chi connectivity index (χ0v) is 11.5. The predicted molar refractivity (Wildman–Crippen MR) is 66.0 cm³/mol. The molecule has 98 valence electrons. The van der Waals surface area contributed by atoms with Gasteiger partial charge in [-0.1, -0.05) is 6.92 Å². The van der Waals surface area contributed by atoms with Crippen LogP contribution in [0.5, 0.6) is 0 Å². The standard InChI is InChI=1S/C10H24N2O3S/c1-5-11-6-9-16(13,14)12(4)7-8-15-10(2)3/h10-11H,5-9H2,1-4H3. The van der Waals surface area contributed by atoms with E-state index in [0.29, 0.717) is 19.7 Å². The smallest absolute Gasteiger partial charge is 0.215 e. The first-order valence-corrected chi connectivity index (χ1v) is 7.27. The third kappa shape index (κ3) is 7.16. The molecule has 0 rings (SSSR count). The minimum Gasteiger partial charge on any atom is -0.377 e. The van der Waals surface area contributed by atoms with Gasteiger partial charge in [-0.05, 0) is 20.4 Å². The predicted octanol–water partition coefficient (Wildman–Crippen LogP) is 0.283. The summed E-state index contributed by atoms with van der Waals surface area (Å²) in [6.45, 7) is 7.94. The molecule has 5 nitrogen and oxygen atoms in total. The molecule has 0 aromatic carbocycles. The van der Waals surface area contributed by atoms with E-state index >= 15 is 0 Å². The van der Waals surface area contributed by atoms with Crippen molar-refractivity contribution in [2.24, 2.45) is 0 Å². The van der Waals surface area contributed by atoms with Gasteiger partial charge in [0.15, 0.2) is 0 Å². The first kappa shape index (κ1) is 15.8. The fraction of sp³-hybridized carbons (Fsp3) is 1.00. The fourth-order valence-electron chi connectivity index (χ4n) is 1.09. The van der Waals surface area contributed by atoms with Crippen molar-refractivity contribution in [2.75, 3.05) is 39.0 Å². The van der Waals surface area contributed by atoms with Gasteiger partial charge in [0.1, 0.15) is 0 Å². The van der Waals surface area contributed by atoms with Crippen LogP contribution in [0, 0.1) is 0 Å². The molecule has 0 aliphatic heterocycles. The van der Waals surface area contributed by atoms with Crippen molar-refractivity contribution in [3.63, 3.8) is 0 Å². The number of ether oxygens (including phenoxy) is 1. The van der Waals surface area contributed by atoms with Crippen LogP contribution in [-0.4, -0.2) is 57.9 Å². The van der Waals surface area contributed by atoms with Gasteiger partial charge in [0, 0.05) is 20.1 Å². The lowest BCUT2D eigenvalue weighted by molar-refractivity contribution is 0.0737. The summed E-state index contributed by atoms with van der Waals surface area (Å²) in [6.07, 6.45) is 0.137. The van der Waals surface area contributed by atoms with Crippen LogP contribution in [0.15, 0.2) is 0 Å². The molecule has 0 aliphatic rings. The van der Waals surface area contributed by atoms with E-state index in [1.54, 1.807) is 7.05 Å². The van der Waals surface area contributed by atoms with E-state index < -0.39 is 10.0 Å². The minimum absolute atomic E-state index is 0.137. The van der Waals surface area contributed by atoms with E-state index in [4.69, 9.17) is 4.74 Å². The fourth-order valence-corrected chi connectivity index (χ4v) is 2.16. The number of hydrogen-bond donors (Lipinski definition) is 1. The Morgan fingerprint density at radius 1 is 1.38 bits per heavy atom. The Balaban J connectivity index is 3.90. The summed E-state index contributed by atoms with van der Waals surface area (Å²) in [4.78, 5) is 0. The zero-order valence-electron chi connectivity index (χ0n) is 10.7. The van der Waals surface area contributed by atoms with Gasteiger partial charge in [0.25, 0.3) is 0 Å². The Kier molecular flexibility index (Phi) is 7.91. The Bertz CT molecular complexity index is 265. The van der Waals surface area contributed by atoms with Gasteiger partial charge in [0.05, 0.1) is 18.5 Å². The molecule has 0 aliphatic carbocycles. The molecule has 0 atom stereocenters. The quantitative estimate of drug-likeness (QED) is 0.599. The van der Waals surface area contributed by atoms with Gasteiger partial charge >= 0.3 is 0 Å². The Morgan fingerprint density at radius 3 is 2.50 bits per heavy atom. The van der Waals surface area contributed by atoms with Crippen molar-refractivity contribution >= 4 is 10.0 Å². The largest absolute Gasteiger partial charge is 0.377 e. The maximum atomic E-state index is 11.7. The molecule has 0 saturated carbocycles. The number of hydrogen-bond acceptors (Lipinski definition) is 4. The molecule has 0 radical (unpaired) electrons.